The molecule has 3 aromatic heterocycles. The van der Waals surface area contributed by atoms with E-state index in [2.05, 4.69) is 65.2 Å². The van der Waals surface area contributed by atoms with Gasteiger partial charge in [0.1, 0.15) is 0 Å². The lowest BCUT2D eigenvalue weighted by molar-refractivity contribution is 0.420. The van der Waals surface area contributed by atoms with E-state index >= 15 is 0 Å². The second kappa shape index (κ2) is 7.25. The van der Waals surface area contributed by atoms with Crippen molar-refractivity contribution in [2.45, 2.75) is 65.0 Å². The Kier molecular flexibility index (Phi) is 5.06. The van der Waals surface area contributed by atoms with E-state index in [9.17, 15) is 0 Å². The topological polar surface area (TPSA) is 64.3 Å². The Hall–Kier alpha value is -2.37. The van der Waals surface area contributed by atoms with Crippen molar-refractivity contribution in [1.29, 1.82) is 0 Å². The van der Waals surface area contributed by atoms with E-state index in [1.54, 1.807) is 0 Å². The van der Waals surface area contributed by atoms with Gasteiger partial charge >= 0.3 is 0 Å². The van der Waals surface area contributed by atoms with Crippen LogP contribution >= 0.6 is 0 Å². The highest BCUT2D eigenvalue weighted by Gasteiger charge is 2.22. The predicted octanol–water partition coefficient (Wildman–Crippen LogP) is 3.67. The van der Waals surface area contributed by atoms with E-state index in [-0.39, 0.29) is 5.41 Å². The van der Waals surface area contributed by atoms with Crippen LogP contribution in [0, 0.1) is 6.92 Å². The van der Waals surface area contributed by atoms with Gasteiger partial charge in [0.15, 0.2) is 0 Å². The van der Waals surface area contributed by atoms with E-state index in [1.807, 2.05) is 29.5 Å². The average Bonchev–Trinajstić information content (AvgIpc) is 3.32. The Morgan fingerprint density at radius 1 is 1.08 bits per heavy atom. The van der Waals surface area contributed by atoms with Gasteiger partial charge in [-0.05, 0) is 47.8 Å². The normalized spacial score (nSPS) is 13.3. The van der Waals surface area contributed by atoms with Gasteiger partial charge in [0.05, 0.1) is 18.6 Å². The average molecular weight is 340 g/mol. The summed E-state index contributed by atoms with van der Waals surface area (Å²) in [4.78, 5) is 0. The molecule has 0 bridgehead atoms. The second-order valence-electron chi connectivity index (χ2n) is 7.63. The summed E-state index contributed by atoms with van der Waals surface area (Å²) < 4.78 is 4.08. The number of nitrogens with zero attached hydrogens (tertiary/aromatic N) is 5. The van der Waals surface area contributed by atoms with E-state index in [0.29, 0.717) is 5.92 Å². The largest absolute Gasteiger partial charge is 0.285 e. The number of aromatic nitrogens is 6. The smallest absolute Gasteiger partial charge is 0.0527 e. The summed E-state index contributed by atoms with van der Waals surface area (Å²) in [6.07, 6.45) is 14.2. The van der Waals surface area contributed by atoms with Crippen LogP contribution in [0.25, 0.3) is 0 Å². The van der Waals surface area contributed by atoms with Gasteiger partial charge in [-0.3, -0.25) is 14.5 Å². The molecule has 3 rings (SSSR count). The molecule has 0 aromatic carbocycles. The molecule has 0 saturated carbocycles. The first-order valence-corrected chi connectivity index (χ1v) is 8.95. The molecule has 134 valence electrons. The zero-order valence-corrected chi connectivity index (χ0v) is 15.6. The van der Waals surface area contributed by atoms with Gasteiger partial charge < -0.3 is 0 Å². The van der Waals surface area contributed by atoms with Crippen LogP contribution in [0.4, 0.5) is 0 Å². The van der Waals surface area contributed by atoms with Gasteiger partial charge in [-0.15, -0.1) is 0 Å². The van der Waals surface area contributed by atoms with Crippen molar-refractivity contribution >= 4 is 0 Å². The molecule has 0 amide bonds. The van der Waals surface area contributed by atoms with Crippen molar-refractivity contribution in [2.75, 3.05) is 0 Å². The van der Waals surface area contributed by atoms with Gasteiger partial charge in [0.2, 0.25) is 0 Å². The van der Waals surface area contributed by atoms with Crippen LogP contribution in [0.15, 0.2) is 37.2 Å². The molecule has 0 aliphatic carbocycles. The van der Waals surface area contributed by atoms with Crippen LogP contribution in [0.5, 0.6) is 0 Å². The van der Waals surface area contributed by atoms with Gasteiger partial charge in [0, 0.05) is 31.7 Å². The summed E-state index contributed by atoms with van der Waals surface area (Å²) in [6.45, 7) is 10.7. The highest BCUT2D eigenvalue weighted by atomic mass is 15.3. The number of nitrogens with one attached hydrogen (secondary N) is 1. The summed E-state index contributed by atoms with van der Waals surface area (Å²) >= 11 is 0. The van der Waals surface area contributed by atoms with Crippen molar-refractivity contribution in [3.8, 4) is 0 Å². The molecule has 1 unspecified atom stereocenters. The van der Waals surface area contributed by atoms with E-state index in [1.165, 1.54) is 16.7 Å². The van der Waals surface area contributed by atoms with Crippen LogP contribution in [0.3, 0.4) is 0 Å². The van der Waals surface area contributed by atoms with Gasteiger partial charge in [-0.2, -0.15) is 15.3 Å². The first kappa shape index (κ1) is 17.5. The molecule has 1 N–H and O–H groups in total. The van der Waals surface area contributed by atoms with Crippen LogP contribution < -0.4 is 0 Å². The fourth-order valence-electron chi connectivity index (χ4n) is 2.99. The summed E-state index contributed by atoms with van der Waals surface area (Å²) in [6, 6.07) is 0. The van der Waals surface area contributed by atoms with E-state index < -0.39 is 0 Å². The maximum atomic E-state index is 4.57. The molecule has 3 heterocycles. The lowest BCUT2D eigenvalue weighted by Crippen LogP contribution is -2.19. The zero-order valence-electron chi connectivity index (χ0n) is 15.6. The van der Waals surface area contributed by atoms with Gasteiger partial charge in [-0.25, -0.2) is 0 Å². The number of aryl methyl sites for hydroxylation is 3. The molecule has 6 heteroatoms. The third-order valence-electron chi connectivity index (χ3n) is 5.02. The molecule has 6 nitrogen and oxygen atoms in total. The number of hydrogen-bond acceptors (Lipinski definition) is 3. The standard InChI is InChI=1S/C19H28N6/c1-15-9-22-25(13-15)8-6-19(3,4)18-12-23-24(14-18)7-5-16(2)17-10-20-21-11-17/h9-14,16H,5-8H2,1-4H3,(H,20,21). The van der Waals surface area contributed by atoms with Crippen molar-refractivity contribution in [3.63, 3.8) is 0 Å². The van der Waals surface area contributed by atoms with Crippen molar-refractivity contribution in [1.82, 2.24) is 29.8 Å². The molecule has 0 spiro atoms. The van der Waals surface area contributed by atoms with Crippen molar-refractivity contribution in [3.05, 3.63) is 53.9 Å². The summed E-state index contributed by atoms with van der Waals surface area (Å²) in [5, 5.41) is 15.9. The Morgan fingerprint density at radius 2 is 1.84 bits per heavy atom. The minimum absolute atomic E-state index is 0.0777. The highest BCUT2D eigenvalue weighted by molar-refractivity contribution is 5.17. The lowest BCUT2D eigenvalue weighted by Gasteiger charge is -2.23. The lowest BCUT2D eigenvalue weighted by atomic mass is 9.83. The number of aromatic amines is 1. The third kappa shape index (κ3) is 4.38. The minimum Gasteiger partial charge on any atom is -0.285 e. The molecule has 0 saturated heterocycles. The van der Waals surface area contributed by atoms with E-state index in [4.69, 9.17) is 0 Å². The molecular weight excluding hydrogens is 312 g/mol. The van der Waals surface area contributed by atoms with Gasteiger partial charge in [-0.1, -0.05) is 20.8 Å². The fraction of sp³-hybridized carbons (Fsp3) is 0.526. The monoisotopic (exact) mass is 340 g/mol. The Balaban J connectivity index is 1.55. The third-order valence-corrected chi connectivity index (χ3v) is 5.02. The maximum absolute atomic E-state index is 4.57. The SMILES string of the molecule is Cc1cnn(CCC(C)(C)c2cnn(CCC(C)c3cn[nH]c3)c2)c1. The molecule has 0 aliphatic heterocycles. The molecule has 0 fully saturated rings. The number of hydrogen-bond donors (Lipinski definition) is 1. The fourth-order valence-corrected chi connectivity index (χ4v) is 2.99. The molecule has 0 radical (unpaired) electrons. The molecule has 3 aromatic rings. The predicted molar refractivity (Wildman–Crippen MR) is 98.5 cm³/mol. The van der Waals surface area contributed by atoms with E-state index in [0.717, 1.165) is 25.9 Å². The minimum atomic E-state index is 0.0777. The summed E-state index contributed by atoms with van der Waals surface area (Å²) in [5.41, 5.74) is 3.82. The number of H-pyrrole nitrogens is 1. The van der Waals surface area contributed by atoms with Gasteiger partial charge in [0.25, 0.3) is 0 Å². The highest BCUT2D eigenvalue weighted by Crippen LogP contribution is 2.27. The molecular formula is C19H28N6. The van der Waals surface area contributed by atoms with Crippen LogP contribution in [0.2, 0.25) is 0 Å². The quantitative estimate of drug-likeness (QED) is 0.680. The second-order valence-corrected chi connectivity index (χ2v) is 7.63. The Morgan fingerprint density at radius 3 is 2.52 bits per heavy atom. The number of rotatable bonds is 8. The maximum Gasteiger partial charge on any atom is 0.0527 e. The summed E-state index contributed by atoms with van der Waals surface area (Å²) in [7, 11) is 0. The van der Waals surface area contributed by atoms with Crippen LogP contribution in [0.1, 0.15) is 56.2 Å². The van der Waals surface area contributed by atoms with Crippen LogP contribution in [-0.2, 0) is 18.5 Å². The Labute approximate surface area is 149 Å². The Bertz CT molecular complexity index is 781. The molecule has 0 aliphatic rings. The molecule has 1 atom stereocenters. The summed E-state index contributed by atoms with van der Waals surface area (Å²) in [5.74, 6) is 0.475. The van der Waals surface area contributed by atoms with Crippen LogP contribution in [-0.4, -0.2) is 29.8 Å². The first-order valence-electron chi connectivity index (χ1n) is 8.95. The van der Waals surface area contributed by atoms with Crippen molar-refractivity contribution in [2.24, 2.45) is 0 Å². The van der Waals surface area contributed by atoms with Crippen molar-refractivity contribution < 1.29 is 0 Å². The zero-order chi connectivity index (χ0) is 17.9. The molecule has 25 heavy (non-hydrogen) atoms. The first-order chi connectivity index (χ1) is 11.9.